The van der Waals surface area contributed by atoms with E-state index in [0.717, 1.165) is 16.5 Å². The molecule has 2 bridgehead atoms. The standard InChI is InChI=1S/C22H17F3N4O2/c23-22(24,25)17-8-15(7-6-14(17)10-26)29-20(30)19-18-9-16(28(19)21(29)31)12-27(18)11-13-4-2-1-3-5-13/h1-8,16,18-19H,9,11-12H2/t16-,18-,19+/m1/s1. The molecular weight excluding hydrogens is 409 g/mol. The third kappa shape index (κ3) is 2.98. The summed E-state index contributed by atoms with van der Waals surface area (Å²) in [5, 5.41) is 8.99. The average molecular weight is 426 g/mol. The lowest BCUT2D eigenvalue weighted by molar-refractivity contribution is -0.137. The van der Waals surface area contributed by atoms with Gasteiger partial charge >= 0.3 is 12.2 Å². The Morgan fingerprint density at radius 1 is 1.10 bits per heavy atom. The Kier molecular flexibility index (Phi) is 4.31. The topological polar surface area (TPSA) is 67.7 Å². The summed E-state index contributed by atoms with van der Waals surface area (Å²) in [6.07, 6.45) is -4.10. The van der Waals surface area contributed by atoms with Gasteiger partial charge in [0.1, 0.15) is 6.04 Å². The van der Waals surface area contributed by atoms with Gasteiger partial charge in [-0.1, -0.05) is 30.3 Å². The van der Waals surface area contributed by atoms with Crippen LogP contribution in [0.2, 0.25) is 0 Å². The van der Waals surface area contributed by atoms with Crippen LogP contribution in [0.5, 0.6) is 0 Å². The van der Waals surface area contributed by atoms with Crippen molar-refractivity contribution in [1.82, 2.24) is 9.80 Å². The van der Waals surface area contributed by atoms with Gasteiger partial charge in [-0.25, -0.2) is 9.69 Å². The fourth-order valence-corrected chi connectivity index (χ4v) is 4.99. The van der Waals surface area contributed by atoms with Crippen molar-refractivity contribution in [2.45, 2.75) is 37.3 Å². The second kappa shape index (κ2) is 6.82. The highest BCUT2D eigenvalue weighted by molar-refractivity contribution is 6.22. The van der Waals surface area contributed by atoms with Crippen LogP contribution in [0.4, 0.5) is 23.7 Å². The van der Waals surface area contributed by atoms with Gasteiger partial charge in [-0.15, -0.1) is 0 Å². The number of halogens is 3. The van der Waals surface area contributed by atoms with E-state index in [1.165, 1.54) is 17.0 Å². The highest BCUT2D eigenvalue weighted by atomic mass is 19.4. The summed E-state index contributed by atoms with van der Waals surface area (Å²) in [5.74, 6) is -0.520. The fourth-order valence-electron chi connectivity index (χ4n) is 4.99. The number of carbonyl (C=O) groups excluding carboxylic acids is 2. The Labute approximate surface area is 176 Å². The number of urea groups is 1. The third-order valence-electron chi connectivity index (χ3n) is 6.29. The Bertz CT molecular complexity index is 1110. The molecule has 0 spiro atoms. The number of imide groups is 1. The maximum Gasteiger partial charge on any atom is 0.417 e. The van der Waals surface area contributed by atoms with E-state index in [9.17, 15) is 22.8 Å². The highest BCUT2D eigenvalue weighted by Gasteiger charge is 2.61. The maximum atomic E-state index is 13.4. The molecule has 0 aliphatic carbocycles. The first-order valence-electron chi connectivity index (χ1n) is 9.85. The second-order valence-corrected chi connectivity index (χ2v) is 8.02. The lowest BCUT2D eigenvalue weighted by atomic mass is 10.1. The number of amides is 3. The normalized spacial score (nSPS) is 25.3. The second-order valence-electron chi connectivity index (χ2n) is 8.02. The number of benzene rings is 2. The number of piperazine rings is 1. The van der Waals surface area contributed by atoms with Crippen LogP contribution in [-0.4, -0.2) is 46.4 Å². The van der Waals surface area contributed by atoms with Crippen LogP contribution in [-0.2, 0) is 17.5 Å². The summed E-state index contributed by atoms with van der Waals surface area (Å²) in [7, 11) is 0. The largest absolute Gasteiger partial charge is 0.417 e. The monoisotopic (exact) mass is 426 g/mol. The molecule has 3 atom stereocenters. The van der Waals surface area contributed by atoms with E-state index in [4.69, 9.17) is 5.26 Å². The zero-order chi connectivity index (χ0) is 21.9. The van der Waals surface area contributed by atoms with Crippen molar-refractivity contribution < 1.29 is 22.8 Å². The summed E-state index contributed by atoms with van der Waals surface area (Å²) in [6.45, 7) is 1.26. The Morgan fingerprint density at radius 3 is 2.52 bits per heavy atom. The molecule has 5 rings (SSSR count). The molecule has 3 amide bonds. The minimum atomic E-state index is -4.77. The van der Waals surface area contributed by atoms with E-state index in [0.29, 0.717) is 25.6 Å². The van der Waals surface area contributed by atoms with Crippen LogP contribution in [0.1, 0.15) is 23.1 Å². The van der Waals surface area contributed by atoms with Gasteiger partial charge in [0.15, 0.2) is 0 Å². The molecule has 0 unspecified atom stereocenters. The molecule has 0 N–H and O–H groups in total. The number of nitriles is 1. The van der Waals surface area contributed by atoms with E-state index < -0.39 is 35.3 Å². The molecule has 9 heteroatoms. The molecular formula is C22H17F3N4O2. The molecule has 2 aromatic carbocycles. The van der Waals surface area contributed by atoms with Crippen LogP contribution in [0.25, 0.3) is 0 Å². The first-order chi connectivity index (χ1) is 14.8. The van der Waals surface area contributed by atoms with Crippen molar-refractivity contribution in [2.24, 2.45) is 0 Å². The van der Waals surface area contributed by atoms with Gasteiger partial charge in [-0.3, -0.25) is 9.69 Å². The van der Waals surface area contributed by atoms with Crippen molar-refractivity contribution in [3.05, 3.63) is 65.2 Å². The summed E-state index contributed by atoms with van der Waals surface area (Å²) in [5.41, 5.74) is -0.777. The van der Waals surface area contributed by atoms with Crippen molar-refractivity contribution in [2.75, 3.05) is 11.4 Å². The molecule has 3 fully saturated rings. The SMILES string of the molecule is N#Cc1ccc(N2C(=O)[C@@H]3[C@H]4C[C@H](CN4Cc4ccccc4)N3C2=O)cc1C(F)(F)F. The summed E-state index contributed by atoms with van der Waals surface area (Å²) in [4.78, 5) is 30.7. The first kappa shape index (κ1) is 19.6. The fraction of sp³-hybridized carbons (Fsp3) is 0.318. The van der Waals surface area contributed by atoms with Crippen molar-refractivity contribution in [3.63, 3.8) is 0 Å². The molecule has 6 nitrogen and oxygen atoms in total. The summed E-state index contributed by atoms with van der Waals surface area (Å²) < 4.78 is 40.1. The lowest BCUT2D eigenvalue weighted by Gasteiger charge is -2.34. The molecule has 2 aromatic rings. The molecule has 3 heterocycles. The predicted molar refractivity (Wildman–Crippen MR) is 104 cm³/mol. The van der Waals surface area contributed by atoms with Crippen molar-refractivity contribution >= 4 is 17.6 Å². The van der Waals surface area contributed by atoms with E-state index in [1.807, 2.05) is 30.3 Å². The minimum absolute atomic E-state index is 0.152. The van der Waals surface area contributed by atoms with Gasteiger partial charge in [-0.05, 0) is 30.2 Å². The van der Waals surface area contributed by atoms with Crippen LogP contribution in [0.3, 0.4) is 0 Å². The van der Waals surface area contributed by atoms with Gasteiger partial charge in [-0.2, -0.15) is 18.4 Å². The Balaban J connectivity index is 1.45. The van der Waals surface area contributed by atoms with E-state index >= 15 is 0 Å². The van der Waals surface area contributed by atoms with Gasteiger partial charge < -0.3 is 4.90 Å². The number of likely N-dealkylation sites (tertiary alicyclic amines) is 1. The minimum Gasteiger partial charge on any atom is -0.306 e. The molecule has 0 aromatic heterocycles. The molecule has 0 radical (unpaired) electrons. The number of fused-ring (bicyclic) bond motifs is 5. The van der Waals surface area contributed by atoms with Crippen molar-refractivity contribution in [1.29, 1.82) is 5.26 Å². The van der Waals surface area contributed by atoms with Gasteiger partial charge in [0.05, 0.1) is 22.9 Å². The number of hydrogen-bond acceptors (Lipinski definition) is 4. The van der Waals surface area contributed by atoms with Gasteiger partial charge in [0.2, 0.25) is 0 Å². The Morgan fingerprint density at radius 2 is 1.84 bits per heavy atom. The van der Waals surface area contributed by atoms with E-state index in [1.54, 1.807) is 0 Å². The highest BCUT2D eigenvalue weighted by Crippen LogP contribution is 2.43. The summed E-state index contributed by atoms with van der Waals surface area (Å²) in [6, 6.07) is 12.6. The molecule has 3 saturated heterocycles. The van der Waals surface area contributed by atoms with E-state index in [2.05, 4.69) is 4.90 Å². The lowest BCUT2D eigenvalue weighted by Crippen LogP contribution is -2.52. The Hall–Kier alpha value is -3.38. The number of nitrogens with zero attached hydrogens (tertiary/aromatic N) is 4. The van der Waals surface area contributed by atoms with E-state index in [-0.39, 0.29) is 17.8 Å². The molecule has 158 valence electrons. The number of carbonyl (C=O) groups is 2. The third-order valence-corrected chi connectivity index (χ3v) is 6.29. The molecule has 31 heavy (non-hydrogen) atoms. The number of alkyl halides is 3. The summed E-state index contributed by atoms with van der Waals surface area (Å²) >= 11 is 0. The number of anilines is 1. The number of hydrogen-bond donors (Lipinski definition) is 0. The maximum absolute atomic E-state index is 13.4. The molecule has 3 aliphatic rings. The van der Waals surface area contributed by atoms with Crippen LogP contribution in [0, 0.1) is 11.3 Å². The zero-order valence-corrected chi connectivity index (χ0v) is 16.2. The smallest absolute Gasteiger partial charge is 0.306 e. The first-order valence-corrected chi connectivity index (χ1v) is 9.85. The average Bonchev–Trinajstić information content (AvgIpc) is 3.39. The van der Waals surface area contributed by atoms with Gasteiger partial charge in [0, 0.05) is 25.2 Å². The quantitative estimate of drug-likeness (QED) is 0.706. The predicted octanol–water partition coefficient (Wildman–Crippen LogP) is 3.37. The zero-order valence-electron chi connectivity index (χ0n) is 16.2. The molecule has 3 aliphatic heterocycles. The number of rotatable bonds is 3. The van der Waals surface area contributed by atoms with Crippen LogP contribution < -0.4 is 4.90 Å². The van der Waals surface area contributed by atoms with Crippen LogP contribution in [0.15, 0.2) is 48.5 Å². The van der Waals surface area contributed by atoms with Crippen molar-refractivity contribution in [3.8, 4) is 6.07 Å². The van der Waals surface area contributed by atoms with Gasteiger partial charge in [0.25, 0.3) is 5.91 Å². The molecule has 0 saturated carbocycles. The van der Waals surface area contributed by atoms with Crippen LogP contribution >= 0.6 is 0 Å².